The molecule has 1 N–H and O–H groups in total. The number of carbonyl (C=O) groups excluding carboxylic acids is 1. The number of esters is 1. The number of nitro benzene ring substituents is 1. The van der Waals surface area contributed by atoms with Crippen LogP contribution in [0.25, 0.3) is 0 Å². The Bertz CT molecular complexity index is 568. The van der Waals surface area contributed by atoms with E-state index in [0.29, 0.717) is 36.7 Å². The number of ether oxygens (including phenoxy) is 1. The van der Waals surface area contributed by atoms with Crippen LogP contribution in [0.4, 0.5) is 11.4 Å². The molecule has 0 aromatic heterocycles. The van der Waals surface area contributed by atoms with Crippen molar-refractivity contribution in [2.75, 3.05) is 25.5 Å². The Hall–Kier alpha value is -2.22. The molecular formula is C14H17N3O4S. The monoisotopic (exact) mass is 323 g/mol. The molecule has 0 unspecified atom stereocenters. The lowest BCUT2D eigenvalue weighted by Gasteiger charge is -2.32. The highest BCUT2D eigenvalue weighted by Gasteiger charge is 2.26. The number of nitrogens with one attached hydrogen (secondary N) is 1. The van der Waals surface area contributed by atoms with Crippen molar-refractivity contribution in [3.05, 3.63) is 34.4 Å². The van der Waals surface area contributed by atoms with Crippen LogP contribution in [0.3, 0.4) is 0 Å². The van der Waals surface area contributed by atoms with Gasteiger partial charge in [-0.05, 0) is 37.2 Å². The van der Waals surface area contributed by atoms with E-state index in [-0.39, 0.29) is 17.6 Å². The van der Waals surface area contributed by atoms with Gasteiger partial charge in [0.25, 0.3) is 5.69 Å². The number of non-ortho nitro benzene ring substituents is 1. The average Bonchev–Trinajstić information content (AvgIpc) is 2.54. The van der Waals surface area contributed by atoms with Gasteiger partial charge in [-0.1, -0.05) is 0 Å². The number of anilines is 1. The third-order valence-electron chi connectivity index (χ3n) is 3.65. The van der Waals surface area contributed by atoms with Gasteiger partial charge in [0, 0.05) is 30.9 Å². The van der Waals surface area contributed by atoms with Crippen LogP contribution in [-0.2, 0) is 9.53 Å². The zero-order chi connectivity index (χ0) is 16.1. The standard InChI is InChI=1S/C14H17N3O4S/c1-21-13(18)10-6-8-16(9-7-10)14(22)15-11-2-4-12(5-3-11)17(19)20/h2-5,10H,6-9H2,1H3,(H,15,22). The van der Waals surface area contributed by atoms with Gasteiger partial charge in [-0.2, -0.15) is 0 Å². The van der Waals surface area contributed by atoms with E-state index in [1.807, 2.05) is 4.90 Å². The molecule has 1 aromatic rings. The number of hydrogen-bond donors (Lipinski definition) is 1. The lowest BCUT2D eigenvalue weighted by atomic mass is 9.97. The van der Waals surface area contributed by atoms with Gasteiger partial charge in [-0.25, -0.2) is 0 Å². The second-order valence-corrected chi connectivity index (χ2v) is 5.41. The summed E-state index contributed by atoms with van der Waals surface area (Å²) in [5.74, 6) is -0.239. The fourth-order valence-electron chi connectivity index (χ4n) is 2.35. The zero-order valence-corrected chi connectivity index (χ0v) is 13.0. The molecular weight excluding hydrogens is 306 g/mol. The number of hydrogen-bond acceptors (Lipinski definition) is 5. The summed E-state index contributed by atoms with van der Waals surface area (Å²) in [7, 11) is 1.40. The lowest BCUT2D eigenvalue weighted by Crippen LogP contribution is -2.42. The minimum atomic E-state index is -0.445. The maximum Gasteiger partial charge on any atom is 0.308 e. The molecule has 8 heteroatoms. The van der Waals surface area contributed by atoms with E-state index >= 15 is 0 Å². The molecule has 0 aliphatic carbocycles. The second-order valence-electron chi connectivity index (χ2n) is 5.02. The van der Waals surface area contributed by atoms with Gasteiger partial charge in [0.15, 0.2) is 5.11 Å². The quantitative estimate of drug-likeness (QED) is 0.395. The Balaban J connectivity index is 1.88. The van der Waals surface area contributed by atoms with E-state index in [9.17, 15) is 14.9 Å². The van der Waals surface area contributed by atoms with Gasteiger partial charge < -0.3 is 15.0 Å². The normalized spacial score (nSPS) is 15.2. The Kier molecular flexibility index (Phi) is 5.26. The minimum absolute atomic E-state index is 0.0374. The number of likely N-dealkylation sites (tertiary alicyclic amines) is 1. The molecule has 22 heavy (non-hydrogen) atoms. The number of carbonyl (C=O) groups is 1. The number of nitrogens with zero attached hydrogens (tertiary/aromatic N) is 2. The zero-order valence-electron chi connectivity index (χ0n) is 12.2. The first-order chi connectivity index (χ1) is 10.5. The highest BCUT2D eigenvalue weighted by atomic mass is 32.1. The van der Waals surface area contributed by atoms with Crippen molar-refractivity contribution >= 4 is 34.7 Å². The van der Waals surface area contributed by atoms with Crippen molar-refractivity contribution in [1.82, 2.24) is 4.90 Å². The summed E-state index contributed by atoms with van der Waals surface area (Å²) in [6, 6.07) is 6.08. The fraction of sp³-hybridized carbons (Fsp3) is 0.429. The summed E-state index contributed by atoms with van der Waals surface area (Å²) < 4.78 is 4.75. The van der Waals surface area contributed by atoms with Gasteiger partial charge in [0.2, 0.25) is 0 Å². The molecule has 1 saturated heterocycles. The molecule has 0 bridgehead atoms. The molecule has 1 aliphatic heterocycles. The summed E-state index contributed by atoms with van der Waals surface area (Å²) in [5.41, 5.74) is 0.737. The van der Waals surface area contributed by atoms with Gasteiger partial charge in [-0.15, -0.1) is 0 Å². The summed E-state index contributed by atoms with van der Waals surface area (Å²) in [6.07, 6.45) is 1.41. The molecule has 7 nitrogen and oxygen atoms in total. The first-order valence-corrected chi connectivity index (χ1v) is 7.30. The predicted octanol–water partition coefficient (Wildman–Crippen LogP) is 2.18. The Morgan fingerprint density at radius 1 is 1.36 bits per heavy atom. The van der Waals surface area contributed by atoms with Crippen molar-refractivity contribution in [3.63, 3.8) is 0 Å². The number of piperidine rings is 1. The van der Waals surface area contributed by atoms with Crippen molar-refractivity contribution in [2.24, 2.45) is 5.92 Å². The first kappa shape index (κ1) is 16.2. The number of nitro groups is 1. The Labute approximate surface area is 133 Å². The van der Waals surface area contributed by atoms with E-state index in [0.717, 1.165) is 0 Å². The maximum atomic E-state index is 11.5. The number of methoxy groups -OCH3 is 1. The van der Waals surface area contributed by atoms with Crippen LogP contribution >= 0.6 is 12.2 Å². The minimum Gasteiger partial charge on any atom is -0.469 e. The maximum absolute atomic E-state index is 11.5. The fourth-order valence-corrected chi connectivity index (χ4v) is 2.65. The second kappa shape index (κ2) is 7.17. The van der Waals surface area contributed by atoms with Crippen molar-refractivity contribution < 1.29 is 14.5 Å². The number of benzene rings is 1. The van der Waals surface area contributed by atoms with Crippen LogP contribution in [-0.4, -0.2) is 41.1 Å². The summed E-state index contributed by atoms with van der Waals surface area (Å²) in [4.78, 5) is 23.6. The molecule has 118 valence electrons. The van der Waals surface area contributed by atoms with Crippen LogP contribution in [0.2, 0.25) is 0 Å². The first-order valence-electron chi connectivity index (χ1n) is 6.89. The third kappa shape index (κ3) is 3.91. The number of thiocarbonyl (C=S) groups is 1. The highest BCUT2D eigenvalue weighted by molar-refractivity contribution is 7.80. The molecule has 1 aliphatic rings. The van der Waals surface area contributed by atoms with Crippen LogP contribution in [0, 0.1) is 16.0 Å². The van der Waals surface area contributed by atoms with Gasteiger partial charge in [-0.3, -0.25) is 14.9 Å². The molecule has 0 atom stereocenters. The van der Waals surface area contributed by atoms with E-state index in [1.54, 1.807) is 12.1 Å². The van der Waals surface area contributed by atoms with E-state index in [1.165, 1.54) is 19.2 Å². The Morgan fingerprint density at radius 2 is 1.95 bits per heavy atom. The lowest BCUT2D eigenvalue weighted by molar-refractivity contribution is -0.384. The van der Waals surface area contributed by atoms with Gasteiger partial charge >= 0.3 is 5.97 Å². The summed E-state index contributed by atoms with van der Waals surface area (Å²) >= 11 is 5.34. The van der Waals surface area contributed by atoms with Crippen LogP contribution in [0.1, 0.15) is 12.8 Å². The molecule has 0 spiro atoms. The van der Waals surface area contributed by atoms with E-state index in [2.05, 4.69) is 5.32 Å². The molecule has 0 amide bonds. The molecule has 1 aromatic carbocycles. The van der Waals surface area contributed by atoms with Crippen molar-refractivity contribution in [1.29, 1.82) is 0 Å². The topological polar surface area (TPSA) is 84.7 Å². The van der Waals surface area contributed by atoms with E-state index < -0.39 is 4.92 Å². The highest BCUT2D eigenvalue weighted by Crippen LogP contribution is 2.20. The predicted molar refractivity (Wildman–Crippen MR) is 85.6 cm³/mol. The van der Waals surface area contributed by atoms with Crippen LogP contribution in [0.5, 0.6) is 0 Å². The summed E-state index contributed by atoms with van der Waals surface area (Å²) in [6.45, 7) is 1.36. The van der Waals surface area contributed by atoms with Gasteiger partial charge in [0.1, 0.15) is 0 Å². The number of rotatable bonds is 3. The van der Waals surface area contributed by atoms with Crippen molar-refractivity contribution in [3.8, 4) is 0 Å². The third-order valence-corrected chi connectivity index (χ3v) is 4.01. The molecule has 2 rings (SSSR count). The Morgan fingerprint density at radius 3 is 2.45 bits per heavy atom. The molecule has 1 heterocycles. The summed E-state index contributed by atoms with van der Waals surface area (Å²) in [5, 5.41) is 14.2. The van der Waals surface area contributed by atoms with Crippen LogP contribution in [0.15, 0.2) is 24.3 Å². The van der Waals surface area contributed by atoms with E-state index in [4.69, 9.17) is 17.0 Å². The SMILES string of the molecule is COC(=O)C1CCN(C(=S)Nc2ccc([N+](=O)[O-])cc2)CC1. The average molecular weight is 323 g/mol. The molecule has 0 saturated carbocycles. The van der Waals surface area contributed by atoms with Gasteiger partial charge in [0.05, 0.1) is 18.0 Å². The largest absolute Gasteiger partial charge is 0.469 e. The molecule has 0 radical (unpaired) electrons. The van der Waals surface area contributed by atoms with Crippen molar-refractivity contribution in [2.45, 2.75) is 12.8 Å². The molecule has 1 fully saturated rings. The smallest absolute Gasteiger partial charge is 0.308 e. The van der Waals surface area contributed by atoms with Crippen LogP contribution < -0.4 is 5.32 Å².